The number of sulfonamides is 1. The van der Waals surface area contributed by atoms with E-state index in [1.54, 1.807) is 41.3 Å². The summed E-state index contributed by atoms with van der Waals surface area (Å²) < 4.78 is 34.1. The third-order valence-electron chi connectivity index (χ3n) is 5.15. The van der Waals surface area contributed by atoms with Crippen LogP contribution in [-0.2, 0) is 14.8 Å². The van der Waals surface area contributed by atoms with Gasteiger partial charge in [-0.3, -0.25) is 9.52 Å². The largest absolute Gasteiger partial charge is 0.490 e. The Balaban J connectivity index is 1.95. The highest BCUT2D eigenvalue weighted by Gasteiger charge is 2.37. The van der Waals surface area contributed by atoms with Crippen LogP contribution in [0.4, 0.5) is 11.4 Å². The molecule has 1 amide bonds. The van der Waals surface area contributed by atoms with Crippen LogP contribution in [0, 0.1) is 19.3 Å². The van der Waals surface area contributed by atoms with Crippen molar-refractivity contribution in [2.45, 2.75) is 45.9 Å². The average molecular weight is 417 g/mol. The molecule has 0 bridgehead atoms. The molecule has 0 saturated heterocycles. The fourth-order valence-electron chi connectivity index (χ4n) is 3.25. The van der Waals surface area contributed by atoms with Crippen LogP contribution in [0.2, 0.25) is 0 Å². The normalized spacial score (nSPS) is 16.0. The lowest BCUT2D eigenvalue weighted by atomic mass is 9.93. The zero-order chi connectivity index (χ0) is 21.4. The van der Waals surface area contributed by atoms with Gasteiger partial charge in [-0.05, 0) is 69.5 Å². The van der Waals surface area contributed by atoms with E-state index in [2.05, 4.69) is 4.72 Å². The smallest absolute Gasteiger partial charge is 0.261 e. The quantitative estimate of drug-likeness (QED) is 0.790. The molecule has 0 aromatic heterocycles. The summed E-state index contributed by atoms with van der Waals surface area (Å²) in [5.74, 6) is 0.499. The molecule has 0 spiro atoms. The van der Waals surface area contributed by atoms with Gasteiger partial charge in [-0.25, -0.2) is 8.42 Å². The van der Waals surface area contributed by atoms with Crippen LogP contribution < -0.4 is 14.4 Å². The fraction of sp³-hybridized carbons (Fsp3) is 0.409. The van der Waals surface area contributed by atoms with Crippen molar-refractivity contribution < 1.29 is 17.9 Å². The SMILES string of the molecule is CCCN1C(=O)C(C)(C)COc2cc(NS(=O)(=O)c3ccc(C)c(C)c3)ccc21. The van der Waals surface area contributed by atoms with Gasteiger partial charge in [0.2, 0.25) is 5.91 Å². The molecule has 1 aliphatic heterocycles. The molecule has 0 radical (unpaired) electrons. The zero-order valence-electron chi connectivity index (χ0n) is 17.6. The van der Waals surface area contributed by atoms with Crippen LogP contribution in [0.3, 0.4) is 0 Å². The first-order valence-electron chi connectivity index (χ1n) is 9.74. The van der Waals surface area contributed by atoms with E-state index in [-0.39, 0.29) is 17.4 Å². The van der Waals surface area contributed by atoms with Crippen LogP contribution in [0.25, 0.3) is 0 Å². The maximum Gasteiger partial charge on any atom is 0.261 e. The van der Waals surface area contributed by atoms with Crippen molar-refractivity contribution in [3.05, 3.63) is 47.5 Å². The minimum atomic E-state index is -3.73. The molecule has 156 valence electrons. The number of ether oxygens (including phenoxy) is 1. The predicted octanol–water partition coefficient (Wildman–Crippen LogP) is 4.27. The minimum Gasteiger partial charge on any atom is -0.490 e. The van der Waals surface area contributed by atoms with Crippen LogP contribution in [0.15, 0.2) is 41.3 Å². The molecule has 1 heterocycles. The number of aryl methyl sites for hydroxylation is 2. The highest BCUT2D eigenvalue weighted by Crippen LogP contribution is 2.38. The van der Waals surface area contributed by atoms with Gasteiger partial charge in [0.05, 0.1) is 21.7 Å². The molecule has 1 N–H and O–H groups in total. The van der Waals surface area contributed by atoms with Crippen LogP contribution in [0.5, 0.6) is 5.75 Å². The second-order valence-electron chi connectivity index (χ2n) is 8.16. The van der Waals surface area contributed by atoms with Gasteiger partial charge in [0.1, 0.15) is 12.4 Å². The highest BCUT2D eigenvalue weighted by molar-refractivity contribution is 7.92. The number of nitrogens with zero attached hydrogens (tertiary/aromatic N) is 1. The van der Waals surface area contributed by atoms with Gasteiger partial charge >= 0.3 is 0 Å². The lowest BCUT2D eigenvalue weighted by Crippen LogP contribution is -2.42. The Labute approximate surface area is 172 Å². The van der Waals surface area contributed by atoms with Gasteiger partial charge in [-0.2, -0.15) is 0 Å². The van der Waals surface area contributed by atoms with Crippen molar-refractivity contribution in [3.8, 4) is 5.75 Å². The number of nitrogens with one attached hydrogen (secondary N) is 1. The van der Waals surface area contributed by atoms with Crippen LogP contribution >= 0.6 is 0 Å². The molecule has 0 fully saturated rings. The molecule has 2 aromatic rings. The number of anilines is 2. The van der Waals surface area contributed by atoms with Gasteiger partial charge < -0.3 is 9.64 Å². The molecular weight excluding hydrogens is 388 g/mol. The van der Waals surface area contributed by atoms with Gasteiger partial charge in [0.15, 0.2) is 0 Å². The summed E-state index contributed by atoms with van der Waals surface area (Å²) in [5.41, 5.74) is 2.34. The molecule has 6 nitrogen and oxygen atoms in total. The molecule has 0 saturated carbocycles. The van der Waals surface area contributed by atoms with E-state index in [4.69, 9.17) is 4.74 Å². The number of hydrogen-bond donors (Lipinski definition) is 1. The first-order valence-corrected chi connectivity index (χ1v) is 11.2. The molecule has 1 aliphatic rings. The Morgan fingerprint density at radius 2 is 1.83 bits per heavy atom. The van der Waals surface area contributed by atoms with E-state index in [1.807, 2.05) is 34.6 Å². The lowest BCUT2D eigenvalue weighted by molar-refractivity contribution is -0.127. The molecule has 7 heteroatoms. The third-order valence-corrected chi connectivity index (χ3v) is 6.53. The van der Waals surface area contributed by atoms with Crippen molar-refractivity contribution in [2.75, 3.05) is 22.8 Å². The lowest BCUT2D eigenvalue weighted by Gasteiger charge is -2.27. The van der Waals surface area contributed by atoms with E-state index in [0.29, 0.717) is 23.7 Å². The van der Waals surface area contributed by atoms with Crippen molar-refractivity contribution in [1.29, 1.82) is 0 Å². The monoisotopic (exact) mass is 416 g/mol. The molecule has 0 atom stereocenters. The standard InChI is InChI=1S/C22H28N2O4S/c1-6-11-24-19-10-8-17(13-20(19)28-14-22(4,5)21(24)25)23-29(26,27)18-9-7-15(2)16(3)12-18/h7-10,12-13,23H,6,11,14H2,1-5H3. The average Bonchev–Trinajstić information content (AvgIpc) is 2.74. The number of hydrogen-bond acceptors (Lipinski definition) is 4. The highest BCUT2D eigenvalue weighted by atomic mass is 32.2. The molecule has 0 unspecified atom stereocenters. The Kier molecular flexibility index (Phi) is 5.63. The van der Waals surface area contributed by atoms with E-state index in [0.717, 1.165) is 17.5 Å². The fourth-order valence-corrected chi connectivity index (χ4v) is 4.39. The molecular formula is C22H28N2O4S. The number of amides is 1. The van der Waals surface area contributed by atoms with Crippen LogP contribution in [-0.4, -0.2) is 27.5 Å². The van der Waals surface area contributed by atoms with Crippen molar-refractivity contribution in [2.24, 2.45) is 5.41 Å². The summed E-state index contributed by atoms with van der Waals surface area (Å²) in [6.07, 6.45) is 0.808. The van der Waals surface area contributed by atoms with Crippen LogP contribution in [0.1, 0.15) is 38.3 Å². The summed E-state index contributed by atoms with van der Waals surface area (Å²) in [4.78, 5) is 14.8. The third kappa shape index (κ3) is 4.24. The predicted molar refractivity (Wildman–Crippen MR) is 115 cm³/mol. The molecule has 3 rings (SSSR count). The maximum atomic E-state index is 12.9. The summed E-state index contributed by atoms with van der Waals surface area (Å²) in [6, 6.07) is 10.1. The van der Waals surface area contributed by atoms with Crippen molar-refractivity contribution in [1.82, 2.24) is 0 Å². The number of carbonyl (C=O) groups is 1. The number of benzene rings is 2. The Bertz CT molecular complexity index is 1040. The van der Waals surface area contributed by atoms with Gasteiger partial charge in [0, 0.05) is 12.6 Å². The van der Waals surface area contributed by atoms with Gasteiger partial charge in [0.25, 0.3) is 10.0 Å². The Hall–Kier alpha value is -2.54. The first-order chi connectivity index (χ1) is 13.5. The minimum absolute atomic E-state index is 0.00145. The van der Waals surface area contributed by atoms with E-state index < -0.39 is 15.4 Å². The molecule has 29 heavy (non-hydrogen) atoms. The van der Waals surface area contributed by atoms with E-state index in [1.165, 1.54) is 0 Å². The maximum absolute atomic E-state index is 12.9. The zero-order valence-corrected chi connectivity index (χ0v) is 18.4. The second-order valence-corrected chi connectivity index (χ2v) is 9.85. The van der Waals surface area contributed by atoms with Crippen molar-refractivity contribution in [3.63, 3.8) is 0 Å². The number of fused-ring (bicyclic) bond motifs is 1. The number of rotatable bonds is 5. The summed E-state index contributed by atoms with van der Waals surface area (Å²) in [7, 11) is -3.73. The Morgan fingerprint density at radius 1 is 1.10 bits per heavy atom. The van der Waals surface area contributed by atoms with Crippen molar-refractivity contribution >= 4 is 27.3 Å². The van der Waals surface area contributed by atoms with E-state index in [9.17, 15) is 13.2 Å². The first kappa shape index (κ1) is 21.2. The topological polar surface area (TPSA) is 75.7 Å². The summed E-state index contributed by atoms with van der Waals surface area (Å²) in [5, 5.41) is 0. The molecule has 2 aromatic carbocycles. The number of carbonyl (C=O) groups excluding carboxylic acids is 1. The summed E-state index contributed by atoms with van der Waals surface area (Å²) >= 11 is 0. The van der Waals surface area contributed by atoms with Gasteiger partial charge in [-0.1, -0.05) is 13.0 Å². The summed E-state index contributed by atoms with van der Waals surface area (Å²) in [6.45, 7) is 10.3. The van der Waals surface area contributed by atoms with Gasteiger partial charge in [-0.15, -0.1) is 0 Å². The second kappa shape index (κ2) is 7.71. The molecule has 0 aliphatic carbocycles. The Morgan fingerprint density at radius 3 is 2.48 bits per heavy atom. The van der Waals surface area contributed by atoms with E-state index >= 15 is 0 Å².